The molecular formula is C11H22N2O4S. The Labute approximate surface area is 108 Å². The Bertz CT molecular complexity index is 346. The van der Waals surface area contributed by atoms with Crippen LogP contribution in [0.5, 0.6) is 0 Å². The smallest absolute Gasteiger partial charge is 0.218 e. The fourth-order valence-electron chi connectivity index (χ4n) is 2.57. The molecule has 2 fully saturated rings. The summed E-state index contributed by atoms with van der Waals surface area (Å²) in [6.07, 6.45) is 2.24. The molecule has 2 rings (SSSR count). The summed E-state index contributed by atoms with van der Waals surface area (Å²) in [5.74, 6) is 0. The highest BCUT2D eigenvalue weighted by molar-refractivity contribution is 7.89. The van der Waals surface area contributed by atoms with E-state index in [4.69, 9.17) is 9.84 Å². The lowest BCUT2D eigenvalue weighted by atomic mass is 10.1. The molecule has 2 heterocycles. The molecule has 0 spiro atoms. The average molecular weight is 278 g/mol. The molecule has 106 valence electrons. The number of nitrogens with one attached hydrogen (secondary N) is 1. The first kappa shape index (κ1) is 14.2. The highest BCUT2D eigenvalue weighted by Crippen LogP contribution is 2.21. The van der Waals surface area contributed by atoms with E-state index in [0.29, 0.717) is 32.7 Å². The average Bonchev–Trinajstić information content (AvgIpc) is 2.91. The molecule has 2 N–H and O–H groups in total. The van der Waals surface area contributed by atoms with E-state index in [2.05, 4.69) is 5.32 Å². The second-order valence-corrected chi connectivity index (χ2v) is 7.07. The second kappa shape index (κ2) is 6.29. The second-order valence-electron chi connectivity index (χ2n) is 4.85. The number of rotatable bonds is 5. The highest BCUT2D eigenvalue weighted by Gasteiger charge is 2.36. The Morgan fingerprint density at radius 3 is 2.56 bits per heavy atom. The first-order valence-electron chi connectivity index (χ1n) is 6.56. The quantitative estimate of drug-likeness (QED) is 0.685. The van der Waals surface area contributed by atoms with Gasteiger partial charge in [-0.15, -0.1) is 0 Å². The lowest BCUT2D eigenvalue weighted by molar-refractivity contribution is 0.00310. The van der Waals surface area contributed by atoms with Crippen LogP contribution in [0, 0.1) is 0 Å². The zero-order valence-corrected chi connectivity index (χ0v) is 11.4. The molecule has 0 saturated carbocycles. The molecular weight excluding hydrogens is 256 g/mol. The van der Waals surface area contributed by atoms with Gasteiger partial charge in [0.2, 0.25) is 10.0 Å². The number of nitrogens with zero attached hydrogens (tertiary/aromatic N) is 1. The van der Waals surface area contributed by atoms with E-state index in [0.717, 1.165) is 19.4 Å². The topological polar surface area (TPSA) is 78.9 Å². The fourth-order valence-corrected chi connectivity index (χ4v) is 4.45. The molecule has 0 amide bonds. The van der Waals surface area contributed by atoms with Crippen LogP contribution >= 0.6 is 0 Å². The normalized spacial score (nSPS) is 27.7. The maximum atomic E-state index is 12.3. The molecule has 0 bridgehead atoms. The molecule has 0 radical (unpaired) electrons. The number of aliphatic hydroxyl groups is 1. The van der Waals surface area contributed by atoms with Crippen molar-refractivity contribution in [3.63, 3.8) is 0 Å². The van der Waals surface area contributed by atoms with Crippen molar-refractivity contribution in [1.82, 2.24) is 9.62 Å². The van der Waals surface area contributed by atoms with E-state index in [1.807, 2.05) is 0 Å². The number of piperidine rings is 1. The maximum absolute atomic E-state index is 12.3. The summed E-state index contributed by atoms with van der Waals surface area (Å²) in [6.45, 7) is 2.79. The van der Waals surface area contributed by atoms with Gasteiger partial charge in [-0.3, -0.25) is 0 Å². The Morgan fingerprint density at radius 1 is 1.28 bits per heavy atom. The van der Waals surface area contributed by atoms with Gasteiger partial charge in [-0.2, -0.15) is 0 Å². The first-order chi connectivity index (χ1) is 8.64. The van der Waals surface area contributed by atoms with E-state index in [9.17, 15) is 8.42 Å². The van der Waals surface area contributed by atoms with Crippen molar-refractivity contribution in [2.24, 2.45) is 0 Å². The van der Waals surface area contributed by atoms with Crippen molar-refractivity contribution in [2.45, 2.75) is 30.6 Å². The molecule has 1 atom stereocenters. The Morgan fingerprint density at radius 2 is 2.00 bits per heavy atom. The van der Waals surface area contributed by atoms with Crippen LogP contribution in [0.4, 0.5) is 0 Å². The number of ether oxygens (including phenoxy) is 1. The predicted octanol–water partition coefficient (Wildman–Crippen LogP) is -0.849. The molecule has 0 aromatic rings. The van der Waals surface area contributed by atoms with Crippen molar-refractivity contribution < 1.29 is 18.3 Å². The van der Waals surface area contributed by atoms with Gasteiger partial charge in [0, 0.05) is 19.6 Å². The largest absolute Gasteiger partial charge is 0.394 e. The molecule has 0 aliphatic carbocycles. The lowest BCUT2D eigenvalue weighted by Gasteiger charge is -2.32. The predicted molar refractivity (Wildman–Crippen MR) is 67.8 cm³/mol. The van der Waals surface area contributed by atoms with Crippen molar-refractivity contribution in [3.05, 3.63) is 0 Å². The van der Waals surface area contributed by atoms with Crippen molar-refractivity contribution in [2.75, 3.05) is 39.4 Å². The standard InChI is InChI=1S/C11H22N2O4S/c14-7-8-17-10-2-5-13(6-3-10)18(15,16)11-1-4-12-9-11/h10-12,14H,1-9H2. The first-order valence-corrected chi connectivity index (χ1v) is 8.07. The van der Waals surface area contributed by atoms with Crippen LogP contribution in [0.3, 0.4) is 0 Å². The van der Waals surface area contributed by atoms with Gasteiger partial charge in [0.15, 0.2) is 0 Å². The van der Waals surface area contributed by atoms with Crippen molar-refractivity contribution >= 4 is 10.0 Å². The monoisotopic (exact) mass is 278 g/mol. The summed E-state index contributed by atoms with van der Waals surface area (Å²) in [5, 5.41) is 11.5. The van der Waals surface area contributed by atoms with Crippen LogP contribution in [0.25, 0.3) is 0 Å². The number of aliphatic hydroxyl groups excluding tert-OH is 1. The van der Waals surface area contributed by atoms with Gasteiger partial charge in [0.1, 0.15) is 0 Å². The summed E-state index contributed by atoms with van der Waals surface area (Å²) in [7, 11) is -3.14. The Kier molecular flexibility index (Phi) is 4.97. The van der Waals surface area contributed by atoms with E-state index in [1.165, 1.54) is 0 Å². The summed E-state index contributed by atoms with van der Waals surface area (Å²) < 4.78 is 31.7. The Hall–Kier alpha value is -0.210. The minimum atomic E-state index is -3.14. The third-order valence-corrected chi connectivity index (χ3v) is 5.97. The SMILES string of the molecule is O=S(=O)(C1CCNC1)N1CCC(OCCO)CC1. The van der Waals surface area contributed by atoms with Crippen LogP contribution in [0.15, 0.2) is 0 Å². The maximum Gasteiger partial charge on any atom is 0.218 e. The molecule has 7 heteroatoms. The summed E-state index contributed by atoms with van der Waals surface area (Å²) in [5.41, 5.74) is 0. The molecule has 6 nitrogen and oxygen atoms in total. The van der Waals surface area contributed by atoms with Crippen LogP contribution < -0.4 is 5.32 Å². The van der Waals surface area contributed by atoms with Crippen LogP contribution in [-0.4, -0.2) is 68.6 Å². The van der Waals surface area contributed by atoms with Crippen molar-refractivity contribution in [3.8, 4) is 0 Å². The summed E-state index contributed by atoms with van der Waals surface area (Å²) in [6, 6.07) is 0. The molecule has 18 heavy (non-hydrogen) atoms. The van der Waals surface area contributed by atoms with Gasteiger partial charge in [-0.05, 0) is 25.8 Å². The Balaban J connectivity index is 1.85. The molecule has 1 unspecified atom stereocenters. The summed E-state index contributed by atoms with van der Waals surface area (Å²) >= 11 is 0. The van der Waals surface area contributed by atoms with Gasteiger partial charge >= 0.3 is 0 Å². The molecule has 2 aliphatic rings. The highest BCUT2D eigenvalue weighted by atomic mass is 32.2. The van der Waals surface area contributed by atoms with Crippen LogP contribution in [-0.2, 0) is 14.8 Å². The lowest BCUT2D eigenvalue weighted by Crippen LogP contribution is -2.45. The minimum absolute atomic E-state index is 0.0201. The molecule has 2 saturated heterocycles. The van der Waals surface area contributed by atoms with E-state index in [1.54, 1.807) is 4.31 Å². The number of sulfonamides is 1. The van der Waals surface area contributed by atoms with E-state index < -0.39 is 10.0 Å². The molecule has 0 aromatic heterocycles. The third-order valence-electron chi connectivity index (χ3n) is 3.64. The van der Waals surface area contributed by atoms with Gasteiger partial charge in [-0.25, -0.2) is 12.7 Å². The van der Waals surface area contributed by atoms with E-state index >= 15 is 0 Å². The molecule has 0 aromatic carbocycles. The van der Waals surface area contributed by atoms with Gasteiger partial charge in [0.05, 0.1) is 24.6 Å². The fraction of sp³-hybridized carbons (Fsp3) is 1.00. The van der Waals surface area contributed by atoms with Crippen LogP contribution in [0.1, 0.15) is 19.3 Å². The van der Waals surface area contributed by atoms with Gasteiger partial charge < -0.3 is 15.2 Å². The van der Waals surface area contributed by atoms with Crippen LogP contribution in [0.2, 0.25) is 0 Å². The third kappa shape index (κ3) is 3.21. The van der Waals surface area contributed by atoms with Gasteiger partial charge in [0.25, 0.3) is 0 Å². The number of hydrogen-bond donors (Lipinski definition) is 2. The summed E-state index contributed by atoms with van der Waals surface area (Å²) in [4.78, 5) is 0. The number of hydrogen-bond acceptors (Lipinski definition) is 5. The zero-order valence-electron chi connectivity index (χ0n) is 10.5. The van der Waals surface area contributed by atoms with Gasteiger partial charge in [-0.1, -0.05) is 0 Å². The van der Waals surface area contributed by atoms with Crippen molar-refractivity contribution in [1.29, 1.82) is 0 Å². The molecule has 2 aliphatic heterocycles. The van der Waals surface area contributed by atoms with E-state index in [-0.39, 0.29) is 18.0 Å². The minimum Gasteiger partial charge on any atom is -0.394 e. The zero-order chi connectivity index (χ0) is 13.0.